The van der Waals surface area contributed by atoms with Gasteiger partial charge in [0.1, 0.15) is 6.73 Å². The van der Waals surface area contributed by atoms with E-state index in [1.54, 1.807) is 42.6 Å². The fourth-order valence-corrected chi connectivity index (χ4v) is 7.87. The molecule has 3 aromatic carbocycles. The zero-order chi connectivity index (χ0) is 32.6. The molecule has 46 heavy (non-hydrogen) atoms. The smallest absolute Gasteiger partial charge is 0.340 e. The van der Waals surface area contributed by atoms with E-state index in [2.05, 4.69) is 49.7 Å². The maximum atomic E-state index is 13.6. The van der Waals surface area contributed by atoms with Crippen molar-refractivity contribution in [2.75, 3.05) is 13.7 Å². The summed E-state index contributed by atoms with van der Waals surface area (Å²) < 4.78 is 42.1. The molecule has 0 saturated carbocycles. The third kappa shape index (κ3) is 5.79. The molecule has 0 bridgehead atoms. The predicted molar refractivity (Wildman–Crippen MR) is 185 cm³/mol. The van der Waals surface area contributed by atoms with Crippen LogP contribution in [-0.4, -0.2) is 49.7 Å². The Morgan fingerprint density at radius 1 is 0.870 bits per heavy atom. The second-order valence-electron chi connectivity index (χ2n) is 12.6. The lowest BCUT2D eigenvalue weighted by Crippen LogP contribution is -2.22. The Bertz CT molecular complexity index is 2180. The van der Waals surface area contributed by atoms with Crippen LogP contribution in [0.3, 0.4) is 0 Å². The van der Waals surface area contributed by atoms with Crippen molar-refractivity contribution in [3.8, 4) is 22.5 Å². The van der Waals surface area contributed by atoms with Crippen molar-refractivity contribution >= 4 is 45.9 Å². The molecule has 0 unspecified atom stereocenters. The number of esters is 1. The van der Waals surface area contributed by atoms with Gasteiger partial charge in [-0.05, 0) is 59.6 Å². The molecular formula is C36H37N3O5SSi. The number of ether oxygens (including phenoxy) is 2. The highest BCUT2D eigenvalue weighted by atomic mass is 32.2. The Labute approximate surface area is 270 Å². The summed E-state index contributed by atoms with van der Waals surface area (Å²) in [5.41, 5.74) is 4.75. The standard InChI is InChI=1S/C36H37N3O5SSi/c1-25-15-16-30(28-14-10-9-13-27(25)28)34-32(36(40)43-2)23-33(38(34)24-44-21-22-46(3,4)5)29-17-19-37-35-31(29)18-20-39(35)45(41,42)26-11-7-6-8-12-26/h6-20,23H,21-22,24H2,1-5H3. The van der Waals surface area contributed by atoms with Crippen molar-refractivity contribution in [3.63, 3.8) is 0 Å². The van der Waals surface area contributed by atoms with Gasteiger partial charge in [0.15, 0.2) is 5.65 Å². The van der Waals surface area contributed by atoms with Crippen LogP contribution in [0.4, 0.5) is 0 Å². The number of pyridine rings is 1. The summed E-state index contributed by atoms with van der Waals surface area (Å²) in [6, 6.07) is 26.9. The fraction of sp³-hybridized carbons (Fsp3) is 0.222. The molecule has 0 N–H and O–H groups in total. The van der Waals surface area contributed by atoms with Gasteiger partial charge in [0.2, 0.25) is 0 Å². The summed E-state index contributed by atoms with van der Waals surface area (Å²) in [6.45, 7) is 9.74. The van der Waals surface area contributed by atoms with Gasteiger partial charge >= 0.3 is 5.97 Å². The molecule has 8 nitrogen and oxygen atoms in total. The minimum absolute atomic E-state index is 0.167. The van der Waals surface area contributed by atoms with E-state index in [1.165, 1.54) is 17.3 Å². The topological polar surface area (TPSA) is 92.4 Å². The molecule has 3 heterocycles. The van der Waals surface area contributed by atoms with Gasteiger partial charge in [-0.15, -0.1) is 0 Å². The summed E-state index contributed by atoms with van der Waals surface area (Å²) in [5.74, 6) is -0.476. The number of carbonyl (C=O) groups excluding carboxylic acids is 1. The van der Waals surface area contributed by atoms with E-state index in [0.717, 1.165) is 27.9 Å². The van der Waals surface area contributed by atoms with Gasteiger partial charge in [-0.1, -0.05) is 74.2 Å². The van der Waals surface area contributed by atoms with Crippen LogP contribution >= 0.6 is 0 Å². The molecule has 0 aliphatic heterocycles. The van der Waals surface area contributed by atoms with E-state index in [1.807, 2.05) is 34.9 Å². The van der Waals surface area contributed by atoms with E-state index in [0.29, 0.717) is 34.5 Å². The first-order valence-corrected chi connectivity index (χ1v) is 20.3. The molecule has 0 aliphatic carbocycles. The summed E-state index contributed by atoms with van der Waals surface area (Å²) >= 11 is 0. The van der Waals surface area contributed by atoms with Crippen molar-refractivity contribution in [3.05, 3.63) is 108 Å². The third-order valence-corrected chi connectivity index (χ3v) is 11.6. The number of aryl methyl sites for hydroxylation is 1. The van der Waals surface area contributed by atoms with Gasteiger partial charge in [0, 0.05) is 43.6 Å². The molecule has 0 spiro atoms. The number of nitrogens with zero attached hydrogens (tertiary/aromatic N) is 3. The Morgan fingerprint density at radius 3 is 2.30 bits per heavy atom. The molecule has 6 aromatic rings. The zero-order valence-electron chi connectivity index (χ0n) is 26.7. The number of carbonyl (C=O) groups is 1. The summed E-state index contributed by atoms with van der Waals surface area (Å²) in [5, 5.41) is 2.71. The number of aromatic nitrogens is 3. The largest absolute Gasteiger partial charge is 0.465 e. The molecule has 0 fully saturated rings. The summed E-state index contributed by atoms with van der Waals surface area (Å²) in [6.07, 6.45) is 3.12. The molecule has 0 radical (unpaired) electrons. The summed E-state index contributed by atoms with van der Waals surface area (Å²) in [7, 11) is -3.89. The van der Waals surface area contributed by atoms with Crippen molar-refractivity contribution in [2.24, 2.45) is 0 Å². The van der Waals surface area contributed by atoms with Gasteiger partial charge < -0.3 is 14.0 Å². The van der Waals surface area contributed by atoms with Crippen LogP contribution in [0.1, 0.15) is 15.9 Å². The van der Waals surface area contributed by atoms with Crippen molar-refractivity contribution in [1.29, 1.82) is 0 Å². The molecule has 0 amide bonds. The molecule has 3 aromatic heterocycles. The minimum Gasteiger partial charge on any atom is -0.465 e. The molecule has 0 atom stereocenters. The minimum atomic E-state index is -3.90. The van der Waals surface area contributed by atoms with Crippen LogP contribution in [-0.2, 0) is 26.2 Å². The van der Waals surface area contributed by atoms with E-state index in [9.17, 15) is 13.2 Å². The lowest BCUT2D eigenvalue weighted by atomic mass is 9.97. The van der Waals surface area contributed by atoms with Crippen molar-refractivity contribution < 1.29 is 22.7 Å². The summed E-state index contributed by atoms with van der Waals surface area (Å²) in [4.78, 5) is 18.1. The molecule has 10 heteroatoms. The predicted octanol–water partition coefficient (Wildman–Crippen LogP) is 7.97. The first-order valence-electron chi connectivity index (χ1n) is 15.2. The monoisotopic (exact) mass is 651 g/mol. The SMILES string of the molecule is COC(=O)c1cc(-c2ccnc3c2ccn3S(=O)(=O)c2ccccc2)n(COCC[Si](C)(C)C)c1-c1ccc(C)c2ccccc12. The number of methoxy groups -OCH3 is 1. The van der Waals surface area contributed by atoms with E-state index in [4.69, 9.17) is 9.47 Å². The average molecular weight is 652 g/mol. The van der Waals surface area contributed by atoms with E-state index in [-0.39, 0.29) is 17.3 Å². The van der Waals surface area contributed by atoms with Crippen LogP contribution in [0.5, 0.6) is 0 Å². The quantitative estimate of drug-likeness (QED) is 0.0848. The highest BCUT2D eigenvalue weighted by Crippen LogP contribution is 2.40. The van der Waals surface area contributed by atoms with Gasteiger partial charge in [0.05, 0.1) is 29.0 Å². The second-order valence-corrected chi connectivity index (χ2v) is 20.0. The highest BCUT2D eigenvalue weighted by molar-refractivity contribution is 7.90. The molecule has 6 rings (SSSR count). The maximum Gasteiger partial charge on any atom is 0.340 e. The normalized spacial score (nSPS) is 12.2. The highest BCUT2D eigenvalue weighted by Gasteiger charge is 2.27. The Kier molecular flexibility index (Phi) is 8.45. The van der Waals surface area contributed by atoms with Gasteiger partial charge in [-0.3, -0.25) is 0 Å². The number of rotatable bonds is 10. The second kappa shape index (κ2) is 12.4. The van der Waals surface area contributed by atoms with Crippen LogP contribution in [0.2, 0.25) is 25.7 Å². The Balaban J connectivity index is 1.60. The van der Waals surface area contributed by atoms with Crippen LogP contribution in [0.25, 0.3) is 44.3 Å². The molecule has 0 saturated heterocycles. The van der Waals surface area contributed by atoms with Crippen LogP contribution < -0.4 is 0 Å². The Morgan fingerprint density at radius 2 is 1.59 bits per heavy atom. The van der Waals surface area contributed by atoms with Crippen molar-refractivity contribution in [2.45, 2.75) is 44.2 Å². The first kappa shape index (κ1) is 31.5. The van der Waals surface area contributed by atoms with Crippen LogP contribution in [0.15, 0.2) is 102 Å². The van der Waals surface area contributed by atoms with E-state index >= 15 is 0 Å². The van der Waals surface area contributed by atoms with Crippen molar-refractivity contribution in [1.82, 2.24) is 13.5 Å². The zero-order valence-corrected chi connectivity index (χ0v) is 28.5. The third-order valence-electron chi connectivity index (χ3n) is 8.25. The Hall–Kier alpha value is -4.51. The fourth-order valence-electron chi connectivity index (χ4n) is 5.79. The molecule has 0 aliphatic rings. The van der Waals surface area contributed by atoms with Gasteiger partial charge in [-0.2, -0.15) is 0 Å². The van der Waals surface area contributed by atoms with Gasteiger partial charge in [0.25, 0.3) is 10.0 Å². The average Bonchev–Trinajstić information content (AvgIpc) is 3.66. The number of benzene rings is 3. The molecule has 236 valence electrons. The maximum absolute atomic E-state index is 13.6. The van der Waals surface area contributed by atoms with Crippen LogP contribution in [0, 0.1) is 6.92 Å². The number of fused-ring (bicyclic) bond motifs is 2. The number of hydrogen-bond donors (Lipinski definition) is 0. The molecular weight excluding hydrogens is 615 g/mol. The first-order chi connectivity index (χ1) is 22.0. The van der Waals surface area contributed by atoms with Gasteiger partial charge in [-0.25, -0.2) is 22.2 Å². The lowest BCUT2D eigenvalue weighted by Gasteiger charge is -2.19. The number of hydrogen-bond acceptors (Lipinski definition) is 6. The lowest BCUT2D eigenvalue weighted by molar-refractivity contribution is 0.0600. The van der Waals surface area contributed by atoms with E-state index < -0.39 is 24.1 Å².